The van der Waals surface area contributed by atoms with E-state index in [1.165, 1.54) is 5.56 Å². The molecule has 1 unspecified atom stereocenters. The smallest absolute Gasteiger partial charge is 0.165 e. The zero-order valence-corrected chi connectivity index (χ0v) is 12.1. The summed E-state index contributed by atoms with van der Waals surface area (Å²) in [6.07, 6.45) is 0.944. The molecule has 1 aliphatic rings. The Bertz CT molecular complexity index is 407. The van der Waals surface area contributed by atoms with Crippen LogP contribution in [0.15, 0.2) is 18.2 Å². The molecule has 1 N–H and O–H groups in total. The van der Waals surface area contributed by atoms with Gasteiger partial charge in [-0.2, -0.15) is 0 Å². The van der Waals surface area contributed by atoms with Crippen molar-refractivity contribution in [3.63, 3.8) is 0 Å². The Morgan fingerprint density at radius 2 is 2.05 bits per heavy atom. The molecule has 0 aliphatic carbocycles. The van der Waals surface area contributed by atoms with Crippen molar-refractivity contribution >= 4 is 0 Å². The Balaban J connectivity index is 1.97. The van der Waals surface area contributed by atoms with Crippen LogP contribution in [0.5, 0.6) is 11.5 Å². The minimum absolute atomic E-state index is 0.513. The minimum Gasteiger partial charge on any atom is -0.490 e. The van der Waals surface area contributed by atoms with Crippen LogP contribution in [-0.2, 0) is 6.54 Å². The summed E-state index contributed by atoms with van der Waals surface area (Å²) >= 11 is 0. The molecule has 0 saturated carbocycles. The first-order valence-electron chi connectivity index (χ1n) is 6.93. The molecule has 106 valence electrons. The largest absolute Gasteiger partial charge is 0.490 e. The molecular weight excluding hydrogens is 240 g/mol. The molecule has 1 aliphatic heterocycles. The molecule has 1 aromatic carbocycles. The van der Waals surface area contributed by atoms with E-state index >= 15 is 0 Å². The number of rotatable bonds is 5. The van der Waals surface area contributed by atoms with Crippen molar-refractivity contribution in [2.24, 2.45) is 0 Å². The second-order valence-corrected chi connectivity index (χ2v) is 5.24. The first-order valence-corrected chi connectivity index (χ1v) is 6.93. The first-order chi connectivity index (χ1) is 9.18. The summed E-state index contributed by atoms with van der Waals surface area (Å²) in [5.41, 5.74) is 1.17. The highest BCUT2D eigenvalue weighted by molar-refractivity contribution is 5.47. The average Bonchev–Trinajstić information content (AvgIpc) is 2.64. The third-order valence-electron chi connectivity index (χ3n) is 3.49. The number of nitrogens with zero attached hydrogens (tertiary/aromatic N) is 1. The van der Waals surface area contributed by atoms with Gasteiger partial charge in [0.15, 0.2) is 11.5 Å². The van der Waals surface area contributed by atoms with Gasteiger partial charge in [-0.1, -0.05) is 12.1 Å². The molecule has 0 fully saturated rings. The maximum atomic E-state index is 5.81. The summed E-state index contributed by atoms with van der Waals surface area (Å²) in [5.74, 6) is 1.78. The van der Waals surface area contributed by atoms with E-state index in [2.05, 4.69) is 37.3 Å². The molecule has 0 spiro atoms. The number of ether oxygens (including phenoxy) is 2. The molecule has 0 bridgehead atoms. The van der Waals surface area contributed by atoms with E-state index in [4.69, 9.17) is 9.47 Å². The fourth-order valence-corrected chi connectivity index (χ4v) is 1.99. The Morgan fingerprint density at radius 3 is 2.84 bits per heavy atom. The molecule has 0 radical (unpaired) electrons. The topological polar surface area (TPSA) is 33.7 Å². The number of para-hydroxylation sites is 1. The third-order valence-corrected chi connectivity index (χ3v) is 3.49. The Morgan fingerprint density at radius 1 is 1.26 bits per heavy atom. The first kappa shape index (κ1) is 14.2. The molecule has 1 atom stereocenters. The molecule has 0 amide bonds. The lowest BCUT2D eigenvalue weighted by Gasteiger charge is -2.20. The van der Waals surface area contributed by atoms with Gasteiger partial charge >= 0.3 is 0 Å². The standard InChI is InChI=1S/C15H24N2O2/c1-12(17(2)3)10-16-11-13-6-4-7-14-15(13)19-9-5-8-18-14/h4,6-7,12,16H,5,8-11H2,1-3H3. The van der Waals surface area contributed by atoms with Crippen molar-refractivity contribution in [1.82, 2.24) is 10.2 Å². The van der Waals surface area contributed by atoms with Crippen molar-refractivity contribution in [1.29, 1.82) is 0 Å². The van der Waals surface area contributed by atoms with Gasteiger partial charge in [-0.05, 0) is 27.1 Å². The molecule has 1 heterocycles. The van der Waals surface area contributed by atoms with E-state index < -0.39 is 0 Å². The van der Waals surface area contributed by atoms with Gasteiger partial charge in [0.2, 0.25) is 0 Å². The van der Waals surface area contributed by atoms with Crippen LogP contribution in [0, 0.1) is 0 Å². The zero-order chi connectivity index (χ0) is 13.7. The lowest BCUT2D eigenvalue weighted by atomic mass is 10.1. The lowest BCUT2D eigenvalue weighted by molar-refractivity contribution is 0.293. The number of hydrogen-bond donors (Lipinski definition) is 1. The monoisotopic (exact) mass is 264 g/mol. The Labute approximate surface area is 115 Å². The van der Waals surface area contributed by atoms with Crippen LogP contribution in [-0.4, -0.2) is 44.8 Å². The van der Waals surface area contributed by atoms with Crippen LogP contribution in [0.3, 0.4) is 0 Å². The minimum atomic E-state index is 0.513. The summed E-state index contributed by atoms with van der Waals surface area (Å²) in [7, 11) is 4.19. The van der Waals surface area contributed by atoms with Gasteiger partial charge in [-0.3, -0.25) is 0 Å². The summed E-state index contributed by atoms with van der Waals surface area (Å²) < 4.78 is 11.5. The third kappa shape index (κ3) is 3.85. The van der Waals surface area contributed by atoms with Gasteiger partial charge in [-0.15, -0.1) is 0 Å². The highest BCUT2D eigenvalue weighted by Crippen LogP contribution is 2.33. The highest BCUT2D eigenvalue weighted by Gasteiger charge is 2.14. The van der Waals surface area contributed by atoms with Gasteiger partial charge < -0.3 is 19.7 Å². The summed E-state index contributed by atoms with van der Waals surface area (Å²) in [6.45, 7) is 5.44. The highest BCUT2D eigenvalue weighted by atomic mass is 16.5. The second kappa shape index (κ2) is 6.78. The van der Waals surface area contributed by atoms with E-state index in [1.807, 2.05) is 12.1 Å². The van der Waals surface area contributed by atoms with Gasteiger partial charge in [0, 0.05) is 31.1 Å². The normalized spacial score (nSPS) is 16.2. The number of nitrogens with one attached hydrogen (secondary N) is 1. The lowest BCUT2D eigenvalue weighted by Crippen LogP contribution is -2.35. The van der Waals surface area contributed by atoms with Crippen molar-refractivity contribution in [2.75, 3.05) is 33.9 Å². The predicted octanol–water partition coefficient (Wildman–Crippen LogP) is 1.89. The van der Waals surface area contributed by atoms with Crippen LogP contribution in [0.25, 0.3) is 0 Å². The quantitative estimate of drug-likeness (QED) is 0.880. The van der Waals surface area contributed by atoms with Crippen molar-refractivity contribution in [3.8, 4) is 11.5 Å². The van der Waals surface area contributed by atoms with Crippen LogP contribution in [0.4, 0.5) is 0 Å². The summed E-state index contributed by atoms with van der Waals surface area (Å²) in [6, 6.07) is 6.62. The number of hydrogen-bond acceptors (Lipinski definition) is 4. The van der Waals surface area contributed by atoms with E-state index in [1.54, 1.807) is 0 Å². The molecule has 4 heteroatoms. The number of likely N-dealkylation sites (N-methyl/N-ethyl adjacent to an activating group) is 1. The number of fused-ring (bicyclic) bond motifs is 1. The van der Waals surface area contributed by atoms with Crippen molar-refractivity contribution < 1.29 is 9.47 Å². The van der Waals surface area contributed by atoms with Crippen LogP contribution < -0.4 is 14.8 Å². The maximum Gasteiger partial charge on any atom is 0.165 e. The number of benzene rings is 1. The van der Waals surface area contributed by atoms with Gasteiger partial charge in [0.05, 0.1) is 13.2 Å². The molecule has 19 heavy (non-hydrogen) atoms. The molecule has 0 aromatic heterocycles. The van der Waals surface area contributed by atoms with E-state index in [-0.39, 0.29) is 0 Å². The Hall–Kier alpha value is -1.26. The molecular formula is C15H24N2O2. The van der Waals surface area contributed by atoms with E-state index in [0.29, 0.717) is 6.04 Å². The fraction of sp³-hybridized carbons (Fsp3) is 0.600. The molecule has 0 saturated heterocycles. The van der Waals surface area contributed by atoms with Crippen LogP contribution in [0.1, 0.15) is 18.9 Å². The average molecular weight is 264 g/mol. The van der Waals surface area contributed by atoms with Crippen molar-refractivity contribution in [3.05, 3.63) is 23.8 Å². The van der Waals surface area contributed by atoms with Crippen LogP contribution >= 0.6 is 0 Å². The maximum absolute atomic E-state index is 5.81. The van der Waals surface area contributed by atoms with Gasteiger partial charge in [0.25, 0.3) is 0 Å². The van der Waals surface area contributed by atoms with E-state index in [9.17, 15) is 0 Å². The molecule has 4 nitrogen and oxygen atoms in total. The molecule has 2 rings (SSSR count). The van der Waals surface area contributed by atoms with Gasteiger partial charge in [-0.25, -0.2) is 0 Å². The van der Waals surface area contributed by atoms with E-state index in [0.717, 1.165) is 44.2 Å². The van der Waals surface area contributed by atoms with Crippen LogP contribution in [0.2, 0.25) is 0 Å². The SMILES string of the molecule is CC(CNCc1cccc2c1OCCCO2)N(C)C. The molecule has 1 aromatic rings. The van der Waals surface area contributed by atoms with Crippen molar-refractivity contribution in [2.45, 2.75) is 25.9 Å². The zero-order valence-electron chi connectivity index (χ0n) is 12.1. The fourth-order valence-electron chi connectivity index (χ4n) is 1.99. The van der Waals surface area contributed by atoms with Gasteiger partial charge in [0.1, 0.15) is 0 Å². The second-order valence-electron chi connectivity index (χ2n) is 5.24. The predicted molar refractivity (Wildman–Crippen MR) is 76.9 cm³/mol. The summed E-state index contributed by atoms with van der Waals surface area (Å²) in [5, 5.41) is 3.48. The Kier molecular flexibility index (Phi) is 5.05. The summed E-state index contributed by atoms with van der Waals surface area (Å²) in [4.78, 5) is 2.21.